The number of hydrogen-bond acceptors (Lipinski definition) is 7. The maximum atomic E-state index is 12.0. The smallest absolute Gasteiger partial charge is 0.312 e. The number of nitrogens with zero attached hydrogens (tertiary/aromatic N) is 2. The molecule has 0 radical (unpaired) electrons. The molecule has 0 spiro atoms. The van der Waals surface area contributed by atoms with E-state index < -0.39 is 26.4 Å². The molecule has 0 unspecified atom stereocenters. The van der Waals surface area contributed by atoms with Gasteiger partial charge in [0.05, 0.1) is 16.4 Å². The van der Waals surface area contributed by atoms with Crippen LogP contribution in [0.2, 0.25) is 0 Å². The summed E-state index contributed by atoms with van der Waals surface area (Å²) in [5, 5.41) is 22.2. The molecule has 0 aliphatic rings. The predicted molar refractivity (Wildman–Crippen MR) is 70.9 cm³/mol. The van der Waals surface area contributed by atoms with Crippen LogP contribution in [0.3, 0.4) is 0 Å². The zero-order valence-corrected chi connectivity index (χ0v) is 11.5. The summed E-state index contributed by atoms with van der Waals surface area (Å²) in [6.07, 6.45) is 1.54. The largest absolute Gasteiger partial charge is 0.502 e. The lowest BCUT2D eigenvalue weighted by Crippen LogP contribution is -2.23. The summed E-state index contributed by atoms with van der Waals surface area (Å²) >= 11 is 1.28. The number of nitro groups is 1. The summed E-state index contributed by atoms with van der Waals surface area (Å²) in [5.41, 5.74) is -0.665. The Labute approximate surface area is 117 Å². The molecule has 2 N–H and O–H groups in total. The van der Waals surface area contributed by atoms with E-state index in [-0.39, 0.29) is 11.4 Å². The third-order valence-electron chi connectivity index (χ3n) is 2.35. The Morgan fingerprint density at radius 3 is 2.80 bits per heavy atom. The van der Waals surface area contributed by atoms with Gasteiger partial charge >= 0.3 is 5.69 Å². The molecule has 0 bridgehead atoms. The van der Waals surface area contributed by atoms with Crippen molar-refractivity contribution in [3.8, 4) is 5.75 Å². The fraction of sp³-hybridized carbons (Fsp3) is 0.100. The molecule has 20 heavy (non-hydrogen) atoms. The zero-order valence-electron chi connectivity index (χ0n) is 9.88. The first-order valence-electron chi connectivity index (χ1n) is 5.25. The van der Waals surface area contributed by atoms with E-state index in [4.69, 9.17) is 0 Å². The zero-order chi connectivity index (χ0) is 14.8. The van der Waals surface area contributed by atoms with Crippen molar-refractivity contribution >= 4 is 27.0 Å². The molecule has 1 heterocycles. The Morgan fingerprint density at radius 2 is 2.20 bits per heavy atom. The SMILES string of the molecule is O=[N+]([O-])c1cc(S(=O)(=O)NCc2nccs2)ccc1O. The fourth-order valence-electron chi connectivity index (χ4n) is 1.40. The second-order valence-electron chi connectivity index (χ2n) is 3.66. The highest BCUT2D eigenvalue weighted by molar-refractivity contribution is 7.89. The topological polar surface area (TPSA) is 122 Å². The van der Waals surface area contributed by atoms with Gasteiger partial charge in [0.1, 0.15) is 5.01 Å². The van der Waals surface area contributed by atoms with Gasteiger partial charge in [-0.05, 0) is 12.1 Å². The second kappa shape index (κ2) is 5.53. The lowest BCUT2D eigenvalue weighted by atomic mass is 10.3. The summed E-state index contributed by atoms with van der Waals surface area (Å²) in [6, 6.07) is 2.86. The molecule has 2 rings (SSSR count). The molecule has 0 saturated heterocycles. The molecule has 0 fully saturated rings. The molecule has 0 saturated carbocycles. The van der Waals surface area contributed by atoms with Crippen molar-refractivity contribution in [2.75, 3.05) is 0 Å². The van der Waals surface area contributed by atoms with Crippen molar-refractivity contribution in [3.05, 3.63) is 44.9 Å². The van der Waals surface area contributed by atoms with Crippen molar-refractivity contribution in [3.63, 3.8) is 0 Å². The standard InChI is InChI=1S/C10H9N3O5S2/c14-9-2-1-7(5-8(9)13(15)16)20(17,18)12-6-10-11-3-4-19-10/h1-5,12,14H,6H2. The lowest BCUT2D eigenvalue weighted by molar-refractivity contribution is -0.386. The van der Waals surface area contributed by atoms with E-state index in [0.29, 0.717) is 5.01 Å². The van der Waals surface area contributed by atoms with E-state index in [9.17, 15) is 23.6 Å². The van der Waals surface area contributed by atoms with Crippen LogP contribution in [-0.4, -0.2) is 23.4 Å². The van der Waals surface area contributed by atoms with Crippen LogP contribution in [0.15, 0.2) is 34.7 Å². The van der Waals surface area contributed by atoms with Gasteiger partial charge in [-0.3, -0.25) is 10.1 Å². The summed E-state index contributed by atoms with van der Waals surface area (Å²) in [4.78, 5) is 13.4. The Morgan fingerprint density at radius 1 is 1.45 bits per heavy atom. The quantitative estimate of drug-likeness (QED) is 0.632. The van der Waals surface area contributed by atoms with Crippen LogP contribution in [0.25, 0.3) is 0 Å². The van der Waals surface area contributed by atoms with Gasteiger partial charge in [-0.15, -0.1) is 11.3 Å². The van der Waals surface area contributed by atoms with Crippen LogP contribution in [0.5, 0.6) is 5.75 Å². The Kier molecular flexibility index (Phi) is 3.97. The Balaban J connectivity index is 2.25. The Hall–Kier alpha value is -2.04. The van der Waals surface area contributed by atoms with Crippen molar-refractivity contribution in [2.24, 2.45) is 0 Å². The number of benzene rings is 1. The van der Waals surface area contributed by atoms with E-state index >= 15 is 0 Å². The molecule has 0 aliphatic carbocycles. The molecular formula is C10H9N3O5S2. The lowest BCUT2D eigenvalue weighted by Gasteiger charge is -2.05. The van der Waals surface area contributed by atoms with Gasteiger partial charge in [0.15, 0.2) is 5.75 Å². The molecule has 1 aromatic carbocycles. The van der Waals surface area contributed by atoms with Crippen molar-refractivity contribution in [2.45, 2.75) is 11.4 Å². The van der Waals surface area contributed by atoms with Gasteiger partial charge in [-0.2, -0.15) is 0 Å². The first kappa shape index (κ1) is 14.4. The molecule has 1 aromatic heterocycles. The molecule has 0 amide bonds. The summed E-state index contributed by atoms with van der Waals surface area (Å²) in [6.45, 7) is -0.00528. The number of aromatic nitrogens is 1. The highest BCUT2D eigenvalue weighted by Gasteiger charge is 2.21. The minimum absolute atomic E-state index is 0.00528. The Bertz CT molecular complexity index is 727. The number of phenols is 1. The maximum absolute atomic E-state index is 12.0. The minimum Gasteiger partial charge on any atom is -0.502 e. The first-order valence-corrected chi connectivity index (χ1v) is 7.62. The van der Waals surface area contributed by atoms with Crippen LogP contribution < -0.4 is 4.72 Å². The molecule has 106 valence electrons. The van der Waals surface area contributed by atoms with Gasteiger partial charge in [0.2, 0.25) is 10.0 Å². The minimum atomic E-state index is -3.91. The number of sulfonamides is 1. The number of hydrogen-bond donors (Lipinski definition) is 2. The predicted octanol–water partition coefficient (Wildman–Crippen LogP) is 1.24. The highest BCUT2D eigenvalue weighted by atomic mass is 32.2. The molecule has 8 nitrogen and oxygen atoms in total. The van der Waals surface area contributed by atoms with E-state index in [1.165, 1.54) is 11.3 Å². The van der Waals surface area contributed by atoms with Crippen LogP contribution in [0.4, 0.5) is 5.69 Å². The first-order chi connectivity index (χ1) is 9.40. The van der Waals surface area contributed by atoms with Crippen LogP contribution in [0, 0.1) is 10.1 Å². The van der Waals surface area contributed by atoms with Gasteiger partial charge < -0.3 is 5.11 Å². The van der Waals surface area contributed by atoms with Gasteiger partial charge in [-0.25, -0.2) is 18.1 Å². The average molecular weight is 315 g/mol. The third kappa shape index (κ3) is 3.10. The molecular weight excluding hydrogens is 306 g/mol. The van der Waals surface area contributed by atoms with E-state index in [1.807, 2.05) is 0 Å². The van der Waals surface area contributed by atoms with Crippen LogP contribution in [-0.2, 0) is 16.6 Å². The maximum Gasteiger partial charge on any atom is 0.312 e. The normalized spacial score (nSPS) is 11.4. The van der Waals surface area contributed by atoms with Gasteiger partial charge in [-0.1, -0.05) is 0 Å². The average Bonchev–Trinajstić information content (AvgIpc) is 2.89. The number of rotatable bonds is 5. The number of thiazole rings is 1. The van der Waals surface area contributed by atoms with E-state index in [1.54, 1.807) is 11.6 Å². The number of nitrogens with one attached hydrogen (secondary N) is 1. The van der Waals surface area contributed by atoms with Crippen molar-refractivity contribution < 1.29 is 18.4 Å². The summed E-state index contributed by atoms with van der Waals surface area (Å²) < 4.78 is 26.2. The summed E-state index contributed by atoms with van der Waals surface area (Å²) in [5.74, 6) is -0.589. The van der Waals surface area contributed by atoms with Crippen molar-refractivity contribution in [1.29, 1.82) is 0 Å². The van der Waals surface area contributed by atoms with Crippen LogP contribution >= 0.6 is 11.3 Å². The fourth-order valence-corrected chi connectivity index (χ4v) is 3.05. The third-order valence-corrected chi connectivity index (χ3v) is 4.53. The number of nitro benzene ring substituents is 1. The van der Waals surface area contributed by atoms with E-state index in [0.717, 1.165) is 18.2 Å². The molecule has 2 aromatic rings. The van der Waals surface area contributed by atoms with Gasteiger partial charge in [0.25, 0.3) is 0 Å². The number of aromatic hydroxyl groups is 1. The monoisotopic (exact) mass is 315 g/mol. The van der Waals surface area contributed by atoms with Gasteiger partial charge in [0, 0.05) is 17.6 Å². The highest BCUT2D eigenvalue weighted by Crippen LogP contribution is 2.28. The number of phenolic OH excluding ortho intramolecular Hbond substituents is 1. The van der Waals surface area contributed by atoms with Crippen molar-refractivity contribution in [1.82, 2.24) is 9.71 Å². The molecule has 0 aliphatic heterocycles. The second-order valence-corrected chi connectivity index (χ2v) is 6.40. The summed E-state index contributed by atoms with van der Waals surface area (Å²) in [7, 11) is -3.91. The molecule has 10 heteroatoms. The van der Waals surface area contributed by atoms with Crippen LogP contribution in [0.1, 0.15) is 5.01 Å². The molecule has 0 atom stereocenters. The van der Waals surface area contributed by atoms with E-state index in [2.05, 4.69) is 9.71 Å².